The Balaban J connectivity index is 1.94. The van der Waals surface area contributed by atoms with E-state index in [0.29, 0.717) is 5.92 Å². The Morgan fingerprint density at radius 2 is 2.50 bits per heavy atom. The molecule has 1 fully saturated rings. The molecule has 3 rings (SSSR count). The molecule has 1 saturated carbocycles. The molecule has 0 aliphatic heterocycles. The fourth-order valence-electron chi connectivity index (χ4n) is 2.51. The quantitative estimate of drug-likeness (QED) is 0.882. The Labute approximate surface area is 99.5 Å². The van der Waals surface area contributed by atoms with Crippen LogP contribution in [0.3, 0.4) is 0 Å². The first-order valence-corrected chi connectivity index (χ1v) is 6.74. The number of hydrogen-bond acceptors (Lipinski definition) is 3. The number of pyridine rings is 1. The molecule has 2 unspecified atom stereocenters. The average molecular weight is 232 g/mol. The van der Waals surface area contributed by atoms with Crippen molar-refractivity contribution < 1.29 is 0 Å². The highest BCUT2D eigenvalue weighted by atomic mass is 32.1. The van der Waals surface area contributed by atoms with Gasteiger partial charge < -0.3 is 5.73 Å². The van der Waals surface area contributed by atoms with E-state index in [-0.39, 0.29) is 5.54 Å². The van der Waals surface area contributed by atoms with Gasteiger partial charge in [0.2, 0.25) is 0 Å². The van der Waals surface area contributed by atoms with Crippen LogP contribution < -0.4 is 5.73 Å². The summed E-state index contributed by atoms with van der Waals surface area (Å²) < 4.78 is 1.25. The highest BCUT2D eigenvalue weighted by molar-refractivity contribution is 7.17. The molecule has 0 spiro atoms. The van der Waals surface area contributed by atoms with Crippen LogP contribution in [0, 0.1) is 5.92 Å². The van der Waals surface area contributed by atoms with E-state index in [1.807, 2.05) is 6.20 Å². The van der Waals surface area contributed by atoms with Gasteiger partial charge in [0.15, 0.2) is 0 Å². The molecule has 2 aromatic rings. The van der Waals surface area contributed by atoms with Crippen molar-refractivity contribution in [3.8, 4) is 0 Å². The molecule has 0 radical (unpaired) electrons. The van der Waals surface area contributed by atoms with E-state index in [1.165, 1.54) is 23.1 Å². The smallest absolute Gasteiger partial charge is 0.0809 e. The van der Waals surface area contributed by atoms with Gasteiger partial charge in [-0.1, -0.05) is 13.3 Å². The molecule has 0 amide bonds. The van der Waals surface area contributed by atoms with Crippen molar-refractivity contribution in [2.75, 3.05) is 0 Å². The van der Waals surface area contributed by atoms with Crippen LogP contribution in [0.2, 0.25) is 0 Å². The number of thiophene rings is 1. The van der Waals surface area contributed by atoms with Gasteiger partial charge in [-0.05, 0) is 41.8 Å². The summed E-state index contributed by atoms with van der Waals surface area (Å²) in [6.07, 6.45) is 5.54. The Kier molecular flexibility index (Phi) is 2.26. The molecule has 3 heteroatoms. The number of nitrogens with two attached hydrogens (primary N) is 1. The number of hydrogen-bond donors (Lipinski definition) is 1. The van der Waals surface area contributed by atoms with E-state index in [9.17, 15) is 0 Å². The summed E-state index contributed by atoms with van der Waals surface area (Å²) in [5, 5.41) is 2.08. The third-order valence-corrected chi connectivity index (χ3v) is 4.48. The predicted molar refractivity (Wildman–Crippen MR) is 68.5 cm³/mol. The number of nitrogens with zero attached hydrogens (tertiary/aromatic N) is 1. The molecule has 1 aliphatic rings. The maximum atomic E-state index is 6.42. The highest BCUT2D eigenvalue weighted by Crippen LogP contribution is 2.52. The van der Waals surface area contributed by atoms with Crippen molar-refractivity contribution in [2.45, 2.75) is 31.7 Å². The monoisotopic (exact) mass is 232 g/mol. The third-order valence-electron chi connectivity index (χ3n) is 3.63. The standard InChI is InChI=1S/C13H16N2S/c1-2-3-9-7-13(9,14)10-6-12-11(15-8-10)4-5-16-12/h4-6,8-9H,2-3,7,14H2,1H3. The Morgan fingerprint density at radius 1 is 1.62 bits per heavy atom. The van der Waals surface area contributed by atoms with Gasteiger partial charge in [-0.25, -0.2) is 0 Å². The molecule has 16 heavy (non-hydrogen) atoms. The summed E-state index contributed by atoms with van der Waals surface area (Å²) in [5.41, 5.74) is 8.65. The van der Waals surface area contributed by atoms with Crippen molar-refractivity contribution in [3.63, 3.8) is 0 Å². The van der Waals surface area contributed by atoms with Crippen LogP contribution >= 0.6 is 11.3 Å². The van der Waals surface area contributed by atoms with Crippen LogP contribution in [0.4, 0.5) is 0 Å². The first-order valence-electron chi connectivity index (χ1n) is 5.86. The van der Waals surface area contributed by atoms with Crippen LogP contribution in [-0.4, -0.2) is 4.98 Å². The van der Waals surface area contributed by atoms with Gasteiger partial charge in [0.05, 0.1) is 10.2 Å². The minimum absolute atomic E-state index is 0.0822. The van der Waals surface area contributed by atoms with E-state index < -0.39 is 0 Å². The van der Waals surface area contributed by atoms with Crippen molar-refractivity contribution in [2.24, 2.45) is 11.7 Å². The maximum Gasteiger partial charge on any atom is 0.0809 e. The largest absolute Gasteiger partial charge is 0.321 e. The fourth-order valence-corrected chi connectivity index (χ4v) is 3.29. The fraction of sp³-hybridized carbons (Fsp3) is 0.462. The number of aromatic nitrogens is 1. The molecule has 0 bridgehead atoms. The summed E-state index contributed by atoms with van der Waals surface area (Å²) in [6.45, 7) is 2.22. The van der Waals surface area contributed by atoms with Crippen LogP contribution in [0.15, 0.2) is 23.7 Å². The first kappa shape index (κ1) is 10.2. The lowest BCUT2D eigenvalue weighted by molar-refractivity contribution is 0.583. The van der Waals surface area contributed by atoms with Gasteiger partial charge >= 0.3 is 0 Å². The topological polar surface area (TPSA) is 38.9 Å². The molecule has 2 N–H and O–H groups in total. The van der Waals surface area contributed by atoms with Crippen molar-refractivity contribution in [3.05, 3.63) is 29.3 Å². The first-order chi connectivity index (χ1) is 7.74. The SMILES string of the molecule is CCCC1CC1(N)c1cnc2ccsc2c1. The summed E-state index contributed by atoms with van der Waals surface area (Å²) in [7, 11) is 0. The van der Waals surface area contributed by atoms with Crippen molar-refractivity contribution >= 4 is 21.6 Å². The lowest BCUT2D eigenvalue weighted by atomic mass is 10.0. The highest BCUT2D eigenvalue weighted by Gasteiger charge is 2.51. The van der Waals surface area contributed by atoms with Gasteiger partial charge in [0.25, 0.3) is 0 Å². The van der Waals surface area contributed by atoms with Gasteiger partial charge in [-0.3, -0.25) is 4.98 Å². The minimum atomic E-state index is -0.0822. The zero-order chi connectivity index (χ0) is 11.2. The van der Waals surface area contributed by atoms with Crippen molar-refractivity contribution in [1.29, 1.82) is 0 Å². The van der Waals surface area contributed by atoms with Gasteiger partial charge in [0, 0.05) is 11.7 Å². The summed E-state index contributed by atoms with van der Waals surface area (Å²) in [6, 6.07) is 4.28. The van der Waals surface area contributed by atoms with E-state index >= 15 is 0 Å². The molecule has 2 heterocycles. The summed E-state index contributed by atoms with van der Waals surface area (Å²) >= 11 is 1.74. The predicted octanol–water partition coefficient (Wildman–Crippen LogP) is 3.27. The van der Waals surface area contributed by atoms with E-state index in [1.54, 1.807) is 11.3 Å². The second-order valence-electron chi connectivity index (χ2n) is 4.76. The summed E-state index contributed by atoms with van der Waals surface area (Å²) in [5.74, 6) is 0.664. The zero-order valence-corrected chi connectivity index (χ0v) is 10.3. The number of rotatable bonds is 3. The number of fused-ring (bicyclic) bond motifs is 1. The lowest BCUT2D eigenvalue weighted by Gasteiger charge is -2.11. The summed E-state index contributed by atoms with van der Waals surface area (Å²) in [4.78, 5) is 4.47. The molecular weight excluding hydrogens is 216 g/mol. The van der Waals surface area contributed by atoms with E-state index in [2.05, 4.69) is 29.4 Å². The van der Waals surface area contributed by atoms with Crippen LogP contribution in [0.25, 0.3) is 10.2 Å². The molecule has 2 aromatic heterocycles. The minimum Gasteiger partial charge on any atom is -0.321 e. The van der Waals surface area contributed by atoms with Crippen molar-refractivity contribution in [1.82, 2.24) is 4.98 Å². The Hall–Kier alpha value is -0.930. The Morgan fingerprint density at radius 3 is 3.31 bits per heavy atom. The average Bonchev–Trinajstić information content (AvgIpc) is 2.77. The molecule has 84 valence electrons. The molecule has 2 nitrogen and oxygen atoms in total. The van der Waals surface area contributed by atoms with Gasteiger partial charge in [0.1, 0.15) is 0 Å². The molecular formula is C13H16N2S. The second-order valence-corrected chi connectivity index (χ2v) is 5.71. The lowest BCUT2D eigenvalue weighted by Crippen LogP contribution is -2.22. The van der Waals surface area contributed by atoms with Crippen LogP contribution in [0.1, 0.15) is 31.7 Å². The molecule has 1 aliphatic carbocycles. The van der Waals surface area contributed by atoms with E-state index in [0.717, 1.165) is 11.9 Å². The Bertz CT molecular complexity index is 519. The van der Waals surface area contributed by atoms with E-state index in [4.69, 9.17) is 5.73 Å². The second kappa shape index (κ2) is 3.54. The third kappa shape index (κ3) is 1.46. The molecule has 0 saturated heterocycles. The van der Waals surface area contributed by atoms with Gasteiger partial charge in [-0.2, -0.15) is 0 Å². The van der Waals surface area contributed by atoms with Crippen LogP contribution in [0.5, 0.6) is 0 Å². The van der Waals surface area contributed by atoms with Gasteiger partial charge in [-0.15, -0.1) is 11.3 Å². The zero-order valence-electron chi connectivity index (χ0n) is 9.44. The normalized spacial score (nSPS) is 28.5. The molecule has 0 aromatic carbocycles. The molecule has 2 atom stereocenters. The maximum absolute atomic E-state index is 6.42. The van der Waals surface area contributed by atoms with Crippen LogP contribution in [-0.2, 0) is 5.54 Å².